The second-order valence-corrected chi connectivity index (χ2v) is 8.27. The predicted octanol–water partition coefficient (Wildman–Crippen LogP) is -1.07. The van der Waals surface area contributed by atoms with Gasteiger partial charge in [0.15, 0.2) is 16.4 Å². The lowest BCUT2D eigenvalue weighted by atomic mass is 10.00. The van der Waals surface area contributed by atoms with Crippen molar-refractivity contribution in [3.8, 4) is 0 Å². The van der Waals surface area contributed by atoms with E-state index in [1.165, 1.54) is 16.0 Å². The number of benzene rings is 1. The number of carbonyl (C=O) groups is 1. The Kier molecular flexibility index (Phi) is 3.99. The van der Waals surface area contributed by atoms with Crippen LogP contribution in [-0.4, -0.2) is 45.0 Å². The summed E-state index contributed by atoms with van der Waals surface area (Å²) in [6.45, 7) is 2.24. The Bertz CT molecular complexity index is 642. The molecule has 6 heteroatoms. The zero-order valence-corrected chi connectivity index (χ0v) is 12.8. The number of nitrogens with one attached hydrogen (secondary N) is 2. The molecule has 2 aliphatic heterocycles. The molecular weight excluding hydrogens is 288 g/mol. The third-order valence-electron chi connectivity index (χ3n) is 4.31. The van der Waals surface area contributed by atoms with Crippen molar-refractivity contribution in [3.05, 3.63) is 35.4 Å². The fraction of sp³-hybridized carbons (Fsp3) is 0.533. The minimum atomic E-state index is -2.94. The second-order valence-electron chi connectivity index (χ2n) is 6.04. The molecule has 2 N–H and O–H groups in total. The van der Waals surface area contributed by atoms with Crippen LogP contribution in [-0.2, 0) is 27.6 Å². The van der Waals surface area contributed by atoms with Gasteiger partial charge in [-0.1, -0.05) is 24.3 Å². The molecule has 1 aromatic rings. The number of quaternary nitrogens is 1. The van der Waals surface area contributed by atoms with Gasteiger partial charge in [-0.3, -0.25) is 4.79 Å². The molecule has 2 atom stereocenters. The Balaban J connectivity index is 1.52. The molecule has 0 aromatic heterocycles. The summed E-state index contributed by atoms with van der Waals surface area (Å²) in [5.41, 5.74) is 2.69. The number of rotatable bonds is 3. The van der Waals surface area contributed by atoms with Gasteiger partial charge in [0, 0.05) is 18.0 Å². The van der Waals surface area contributed by atoms with Crippen LogP contribution in [0.5, 0.6) is 0 Å². The Labute approximate surface area is 125 Å². The zero-order chi connectivity index (χ0) is 14.9. The van der Waals surface area contributed by atoms with E-state index in [9.17, 15) is 13.2 Å². The van der Waals surface area contributed by atoms with Crippen molar-refractivity contribution < 1.29 is 18.1 Å². The van der Waals surface area contributed by atoms with Gasteiger partial charge in [0.2, 0.25) is 0 Å². The molecule has 0 saturated carbocycles. The van der Waals surface area contributed by atoms with Crippen LogP contribution < -0.4 is 10.2 Å². The van der Waals surface area contributed by atoms with Gasteiger partial charge in [-0.25, -0.2) is 8.42 Å². The van der Waals surface area contributed by atoms with Gasteiger partial charge in [0.05, 0.1) is 18.1 Å². The molecule has 0 aliphatic carbocycles. The van der Waals surface area contributed by atoms with Crippen LogP contribution >= 0.6 is 0 Å². The van der Waals surface area contributed by atoms with Crippen molar-refractivity contribution in [2.45, 2.75) is 25.4 Å². The minimum Gasteiger partial charge on any atom is -0.347 e. The summed E-state index contributed by atoms with van der Waals surface area (Å²) in [6, 6.07) is 8.16. The Morgan fingerprint density at radius 2 is 2.05 bits per heavy atom. The van der Waals surface area contributed by atoms with Gasteiger partial charge in [0.1, 0.15) is 6.54 Å². The van der Waals surface area contributed by atoms with E-state index in [4.69, 9.17) is 0 Å². The summed E-state index contributed by atoms with van der Waals surface area (Å²) in [7, 11) is -2.94. The number of amides is 1. The summed E-state index contributed by atoms with van der Waals surface area (Å²) >= 11 is 0. The first-order chi connectivity index (χ1) is 10.0. The topological polar surface area (TPSA) is 67.7 Å². The molecule has 114 valence electrons. The van der Waals surface area contributed by atoms with Crippen LogP contribution in [0.4, 0.5) is 0 Å². The van der Waals surface area contributed by atoms with E-state index in [-0.39, 0.29) is 23.5 Å². The first kappa shape index (κ1) is 14.5. The molecule has 0 bridgehead atoms. The largest absolute Gasteiger partial charge is 0.347 e. The second kappa shape index (κ2) is 5.77. The van der Waals surface area contributed by atoms with Crippen LogP contribution in [0.25, 0.3) is 0 Å². The van der Waals surface area contributed by atoms with E-state index in [0.29, 0.717) is 13.0 Å². The normalized spacial score (nSPS) is 27.0. The molecule has 1 amide bonds. The number of sulfone groups is 1. The monoisotopic (exact) mass is 309 g/mol. The van der Waals surface area contributed by atoms with Crippen molar-refractivity contribution in [2.75, 3.05) is 24.6 Å². The number of fused-ring (bicyclic) bond motifs is 1. The molecule has 1 aromatic carbocycles. The highest BCUT2D eigenvalue weighted by Gasteiger charge is 2.30. The molecule has 21 heavy (non-hydrogen) atoms. The first-order valence-corrected chi connectivity index (χ1v) is 9.24. The average molecular weight is 309 g/mol. The first-order valence-electron chi connectivity index (χ1n) is 7.42. The highest BCUT2D eigenvalue weighted by Crippen LogP contribution is 2.11. The molecule has 0 radical (unpaired) electrons. The van der Waals surface area contributed by atoms with Gasteiger partial charge in [0.25, 0.3) is 5.91 Å². The van der Waals surface area contributed by atoms with Crippen LogP contribution in [0.15, 0.2) is 24.3 Å². The lowest BCUT2D eigenvalue weighted by Gasteiger charge is -2.25. The summed E-state index contributed by atoms with van der Waals surface area (Å²) in [5, 5.41) is 2.87. The number of carbonyl (C=O) groups excluding carboxylic acids is 1. The van der Waals surface area contributed by atoms with E-state index in [1.807, 2.05) is 6.07 Å². The van der Waals surface area contributed by atoms with Crippen LogP contribution in [0.2, 0.25) is 0 Å². The van der Waals surface area contributed by atoms with E-state index in [1.54, 1.807) is 0 Å². The van der Waals surface area contributed by atoms with E-state index in [0.717, 1.165) is 19.5 Å². The molecule has 0 spiro atoms. The lowest BCUT2D eigenvalue weighted by Crippen LogP contribution is -3.13. The standard InChI is InChI=1S/C15H20N2O3S/c18-15(16-14-6-8-21(19,20)11-14)10-17-7-5-12-3-1-2-4-13(12)9-17/h1-4,14H,5-11H2,(H,16,18)/p+1/t14-/m1/s1. The number of hydrogen-bond donors (Lipinski definition) is 2. The van der Waals surface area contributed by atoms with Crippen LogP contribution in [0, 0.1) is 0 Å². The summed E-state index contributed by atoms with van der Waals surface area (Å²) in [6.07, 6.45) is 1.54. The Morgan fingerprint density at radius 3 is 2.76 bits per heavy atom. The van der Waals surface area contributed by atoms with Crippen molar-refractivity contribution in [2.24, 2.45) is 0 Å². The summed E-state index contributed by atoms with van der Waals surface area (Å²) < 4.78 is 22.8. The molecule has 2 aliphatic rings. The minimum absolute atomic E-state index is 0.0357. The highest BCUT2D eigenvalue weighted by atomic mass is 32.2. The SMILES string of the molecule is O=C(C[NH+]1CCc2ccccc2C1)N[C@@H]1CCS(=O)(=O)C1. The van der Waals surface area contributed by atoms with Gasteiger partial charge in [-0.05, 0) is 12.0 Å². The van der Waals surface area contributed by atoms with Crippen molar-refractivity contribution in [1.29, 1.82) is 0 Å². The third kappa shape index (κ3) is 3.63. The van der Waals surface area contributed by atoms with Gasteiger partial charge < -0.3 is 10.2 Å². The molecule has 5 nitrogen and oxygen atoms in total. The van der Waals surface area contributed by atoms with E-state index >= 15 is 0 Å². The molecule has 1 fully saturated rings. The maximum atomic E-state index is 12.1. The Hall–Kier alpha value is -1.40. The quantitative estimate of drug-likeness (QED) is 0.747. The molecule has 2 heterocycles. The maximum Gasteiger partial charge on any atom is 0.275 e. The van der Waals surface area contributed by atoms with Gasteiger partial charge in [-0.2, -0.15) is 0 Å². The molecular formula is C15H21N2O3S+. The van der Waals surface area contributed by atoms with E-state index < -0.39 is 9.84 Å². The predicted molar refractivity (Wildman–Crippen MR) is 79.7 cm³/mol. The smallest absolute Gasteiger partial charge is 0.275 e. The molecule has 1 saturated heterocycles. The average Bonchev–Trinajstić information content (AvgIpc) is 2.77. The van der Waals surface area contributed by atoms with E-state index in [2.05, 4.69) is 23.5 Å². The van der Waals surface area contributed by atoms with Crippen LogP contribution in [0.3, 0.4) is 0 Å². The van der Waals surface area contributed by atoms with Crippen molar-refractivity contribution in [1.82, 2.24) is 5.32 Å². The fourth-order valence-corrected chi connectivity index (χ4v) is 4.88. The summed E-state index contributed by atoms with van der Waals surface area (Å²) in [5.74, 6) is 0.255. The molecule has 1 unspecified atom stereocenters. The van der Waals surface area contributed by atoms with Crippen LogP contribution in [0.1, 0.15) is 17.5 Å². The maximum absolute atomic E-state index is 12.1. The Morgan fingerprint density at radius 1 is 1.29 bits per heavy atom. The van der Waals surface area contributed by atoms with Crippen molar-refractivity contribution >= 4 is 15.7 Å². The molecule has 3 rings (SSSR count). The third-order valence-corrected chi connectivity index (χ3v) is 6.08. The highest BCUT2D eigenvalue weighted by molar-refractivity contribution is 7.91. The lowest BCUT2D eigenvalue weighted by molar-refractivity contribution is -0.908. The fourth-order valence-electron chi connectivity index (χ4n) is 3.21. The number of hydrogen-bond acceptors (Lipinski definition) is 3. The summed E-state index contributed by atoms with van der Waals surface area (Å²) in [4.78, 5) is 13.3. The van der Waals surface area contributed by atoms with Gasteiger partial charge in [-0.15, -0.1) is 0 Å². The van der Waals surface area contributed by atoms with Gasteiger partial charge >= 0.3 is 0 Å². The van der Waals surface area contributed by atoms with Crippen molar-refractivity contribution in [3.63, 3.8) is 0 Å². The zero-order valence-electron chi connectivity index (χ0n) is 12.0.